The Balaban J connectivity index is 1.74. The second-order valence-electron chi connectivity index (χ2n) is 7.58. The van der Waals surface area contributed by atoms with Gasteiger partial charge in [-0.15, -0.1) is 0 Å². The number of fused-ring (bicyclic) bond motifs is 5. The van der Waals surface area contributed by atoms with Crippen LogP contribution >= 0.6 is 11.6 Å². The topological polar surface area (TPSA) is 47.3 Å². The van der Waals surface area contributed by atoms with Crippen LogP contribution in [-0.2, 0) is 17.4 Å². The Morgan fingerprint density at radius 1 is 1.44 bits per heavy atom. The number of rotatable bonds is 6. The average molecular weight is 397 g/mol. The number of halogens is 3. The molecule has 0 radical (unpaired) electrons. The molecule has 1 heterocycles. The molecule has 1 aromatic carbocycles. The van der Waals surface area contributed by atoms with Gasteiger partial charge in [-0.1, -0.05) is 31.0 Å². The van der Waals surface area contributed by atoms with E-state index in [1.165, 1.54) is 16.4 Å². The lowest BCUT2D eigenvalue weighted by Gasteiger charge is -2.35. The molecule has 0 aliphatic heterocycles. The predicted molar refractivity (Wildman–Crippen MR) is 97.7 cm³/mol. The van der Waals surface area contributed by atoms with E-state index in [0.717, 1.165) is 31.2 Å². The highest BCUT2D eigenvalue weighted by Crippen LogP contribution is 2.64. The van der Waals surface area contributed by atoms with Crippen molar-refractivity contribution in [3.8, 4) is 0 Å². The maximum Gasteiger partial charge on any atom is 0.282 e. The van der Waals surface area contributed by atoms with Gasteiger partial charge in [0.2, 0.25) is 0 Å². The van der Waals surface area contributed by atoms with E-state index in [9.17, 15) is 13.9 Å². The SMILES string of the molecule is CCCC1C2CCC1(OC(O)c1cn(C)nc1C(F)F)c1cc(Cl)ccc12. The lowest BCUT2D eigenvalue weighted by atomic mass is 9.85. The van der Waals surface area contributed by atoms with Crippen molar-refractivity contribution in [2.24, 2.45) is 13.0 Å². The molecule has 1 aromatic heterocycles. The molecule has 2 aromatic rings. The Kier molecular flexibility index (Phi) is 4.77. The minimum atomic E-state index is -2.77. The van der Waals surface area contributed by atoms with Crippen molar-refractivity contribution < 1.29 is 18.6 Å². The van der Waals surface area contributed by atoms with Crippen molar-refractivity contribution in [1.82, 2.24) is 9.78 Å². The maximum absolute atomic E-state index is 13.3. The number of aliphatic hydroxyl groups excluding tert-OH is 1. The van der Waals surface area contributed by atoms with Gasteiger partial charge in [0.25, 0.3) is 6.43 Å². The fourth-order valence-corrected chi connectivity index (χ4v) is 5.28. The Labute approximate surface area is 162 Å². The fourth-order valence-electron chi connectivity index (χ4n) is 5.11. The molecule has 2 bridgehead atoms. The van der Waals surface area contributed by atoms with E-state index in [-0.39, 0.29) is 11.5 Å². The highest BCUT2D eigenvalue weighted by Gasteiger charge is 2.58. The number of hydrogen-bond donors (Lipinski definition) is 1. The van der Waals surface area contributed by atoms with Gasteiger partial charge in [-0.25, -0.2) is 8.78 Å². The molecular weight excluding hydrogens is 374 g/mol. The van der Waals surface area contributed by atoms with E-state index in [4.69, 9.17) is 16.3 Å². The third-order valence-corrected chi connectivity index (χ3v) is 6.30. The number of nitrogens with zero attached hydrogens (tertiary/aromatic N) is 2. The summed E-state index contributed by atoms with van der Waals surface area (Å²) < 4.78 is 34.2. The Morgan fingerprint density at radius 2 is 2.22 bits per heavy atom. The number of aryl methyl sites for hydroxylation is 1. The van der Waals surface area contributed by atoms with Gasteiger partial charge in [-0.3, -0.25) is 4.68 Å². The first-order valence-corrected chi connectivity index (χ1v) is 9.72. The van der Waals surface area contributed by atoms with Gasteiger partial charge in [-0.2, -0.15) is 5.10 Å². The lowest BCUT2D eigenvalue weighted by Crippen LogP contribution is -2.33. The van der Waals surface area contributed by atoms with Gasteiger partial charge in [0.15, 0.2) is 6.29 Å². The van der Waals surface area contributed by atoms with Crippen LogP contribution in [-0.4, -0.2) is 14.9 Å². The first kappa shape index (κ1) is 18.8. The van der Waals surface area contributed by atoms with Gasteiger partial charge in [0, 0.05) is 18.3 Å². The van der Waals surface area contributed by atoms with Gasteiger partial charge < -0.3 is 9.84 Å². The van der Waals surface area contributed by atoms with E-state index < -0.39 is 24.0 Å². The number of benzene rings is 1. The molecule has 27 heavy (non-hydrogen) atoms. The molecule has 4 atom stereocenters. The Morgan fingerprint density at radius 3 is 2.93 bits per heavy atom. The molecule has 4 rings (SSSR count). The Hall–Kier alpha value is -1.50. The molecule has 2 aliphatic rings. The lowest BCUT2D eigenvalue weighted by molar-refractivity contribution is -0.208. The number of hydrogen-bond acceptors (Lipinski definition) is 3. The molecule has 7 heteroatoms. The molecule has 1 N–H and O–H groups in total. The number of aliphatic hydroxyl groups is 1. The van der Waals surface area contributed by atoms with Crippen LogP contribution in [0.5, 0.6) is 0 Å². The highest BCUT2D eigenvalue weighted by atomic mass is 35.5. The molecule has 2 aliphatic carbocycles. The van der Waals surface area contributed by atoms with Crippen LogP contribution in [0.2, 0.25) is 5.02 Å². The minimum absolute atomic E-state index is 0.0241. The smallest absolute Gasteiger partial charge is 0.282 e. The molecule has 4 unspecified atom stereocenters. The van der Waals surface area contributed by atoms with Crippen LogP contribution in [0.1, 0.15) is 73.6 Å². The summed E-state index contributed by atoms with van der Waals surface area (Å²) in [4.78, 5) is 0. The zero-order valence-electron chi connectivity index (χ0n) is 15.3. The minimum Gasteiger partial charge on any atom is -0.364 e. The summed E-state index contributed by atoms with van der Waals surface area (Å²) in [6, 6.07) is 5.82. The standard InChI is InChI=1S/C20H23ClF2N2O2/c1-3-4-15-13-7-8-20(15,16-9-11(21)5-6-12(13)16)27-19(26)14-10-25(2)24-17(14)18(22)23/h5-6,9-10,13,15,18-19,26H,3-4,7-8H2,1-2H3. The molecule has 1 saturated carbocycles. The molecule has 0 saturated heterocycles. The van der Waals surface area contributed by atoms with Crippen LogP contribution in [0, 0.1) is 5.92 Å². The zero-order chi connectivity index (χ0) is 19.3. The molecule has 146 valence electrons. The van der Waals surface area contributed by atoms with Crippen molar-refractivity contribution >= 4 is 11.6 Å². The fraction of sp³-hybridized carbons (Fsp3) is 0.550. The average Bonchev–Trinajstić information content (AvgIpc) is 3.24. The van der Waals surface area contributed by atoms with Gasteiger partial charge in [0.05, 0.1) is 5.56 Å². The van der Waals surface area contributed by atoms with Crippen molar-refractivity contribution in [3.63, 3.8) is 0 Å². The molecule has 0 amide bonds. The third kappa shape index (κ3) is 2.89. The second-order valence-corrected chi connectivity index (χ2v) is 8.01. The predicted octanol–water partition coefficient (Wildman–Crippen LogP) is 5.22. The first-order valence-electron chi connectivity index (χ1n) is 9.34. The van der Waals surface area contributed by atoms with E-state index in [0.29, 0.717) is 10.9 Å². The van der Waals surface area contributed by atoms with Crippen molar-refractivity contribution in [3.05, 3.63) is 51.8 Å². The molecule has 1 fully saturated rings. The van der Waals surface area contributed by atoms with E-state index >= 15 is 0 Å². The maximum atomic E-state index is 13.3. The molecule has 4 nitrogen and oxygen atoms in total. The van der Waals surface area contributed by atoms with Gasteiger partial charge in [0.1, 0.15) is 11.3 Å². The van der Waals surface area contributed by atoms with Crippen LogP contribution < -0.4 is 0 Å². The Bertz CT molecular complexity index is 857. The normalized spacial score (nSPS) is 27.4. The highest BCUT2D eigenvalue weighted by molar-refractivity contribution is 6.30. The summed E-state index contributed by atoms with van der Waals surface area (Å²) >= 11 is 6.24. The van der Waals surface area contributed by atoms with Crippen molar-refractivity contribution in [2.75, 3.05) is 0 Å². The van der Waals surface area contributed by atoms with Crippen LogP contribution in [0.4, 0.5) is 8.78 Å². The molecule has 0 spiro atoms. The summed E-state index contributed by atoms with van der Waals surface area (Å²) in [6.07, 6.45) is 0.795. The summed E-state index contributed by atoms with van der Waals surface area (Å²) in [5, 5.41) is 15.2. The van der Waals surface area contributed by atoms with E-state index in [1.54, 1.807) is 7.05 Å². The van der Waals surface area contributed by atoms with Gasteiger partial charge >= 0.3 is 0 Å². The van der Waals surface area contributed by atoms with Crippen LogP contribution in [0.15, 0.2) is 24.4 Å². The number of ether oxygens (including phenoxy) is 1. The molecular formula is C20H23ClF2N2O2. The van der Waals surface area contributed by atoms with Crippen LogP contribution in [0.25, 0.3) is 0 Å². The summed E-state index contributed by atoms with van der Waals surface area (Å²) in [5.74, 6) is 0.560. The largest absolute Gasteiger partial charge is 0.364 e. The summed E-state index contributed by atoms with van der Waals surface area (Å²) in [7, 11) is 1.55. The number of aromatic nitrogens is 2. The van der Waals surface area contributed by atoms with Crippen molar-refractivity contribution in [1.29, 1.82) is 0 Å². The monoisotopic (exact) mass is 396 g/mol. The first-order chi connectivity index (χ1) is 12.9. The zero-order valence-corrected chi connectivity index (χ0v) is 16.1. The number of alkyl halides is 2. The third-order valence-electron chi connectivity index (χ3n) is 6.06. The summed E-state index contributed by atoms with van der Waals surface area (Å²) in [5.41, 5.74) is 1.08. The van der Waals surface area contributed by atoms with Crippen LogP contribution in [0.3, 0.4) is 0 Å². The second kappa shape index (κ2) is 6.83. The summed E-state index contributed by atoms with van der Waals surface area (Å²) in [6.45, 7) is 2.12. The van der Waals surface area contributed by atoms with E-state index in [2.05, 4.69) is 12.0 Å². The van der Waals surface area contributed by atoms with E-state index in [1.807, 2.05) is 18.2 Å². The quantitative estimate of drug-likeness (QED) is 0.681. The van der Waals surface area contributed by atoms with Gasteiger partial charge in [-0.05, 0) is 54.4 Å². The van der Waals surface area contributed by atoms with Crippen molar-refractivity contribution in [2.45, 2.75) is 56.8 Å².